The second-order valence-electron chi connectivity index (χ2n) is 4.57. The zero-order valence-corrected chi connectivity index (χ0v) is 10.8. The quantitative estimate of drug-likeness (QED) is 0.809. The minimum Gasteiger partial charge on any atom is -0.497 e. The number of nitrogens with zero attached hydrogens (tertiary/aromatic N) is 1. The second kappa shape index (κ2) is 5.82. The van der Waals surface area contributed by atoms with E-state index in [4.69, 9.17) is 4.74 Å². The largest absolute Gasteiger partial charge is 0.497 e. The molecular weight excluding hydrogens is 230 g/mol. The molecule has 2 N–H and O–H groups in total. The summed E-state index contributed by atoms with van der Waals surface area (Å²) in [5.41, 5.74) is 1.90. The lowest BCUT2D eigenvalue weighted by Crippen LogP contribution is -2.35. The van der Waals surface area contributed by atoms with Crippen LogP contribution in [0.2, 0.25) is 0 Å². The van der Waals surface area contributed by atoms with Gasteiger partial charge in [0.1, 0.15) is 5.75 Å². The molecular formula is C13H19N3O2. The highest BCUT2D eigenvalue weighted by atomic mass is 16.5. The molecule has 5 heteroatoms. The molecule has 5 nitrogen and oxygen atoms in total. The Hall–Kier alpha value is -1.62. The fourth-order valence-electron chi connectivity index (χ4n) is 2.12. The molecule has 1 amide bonds. The van der Waals surface area contributed by atoms with Crippen molar-refractivity contribution in [2.75, 3.05) is 13.7 Å². The molecule has 0 aromatic carbocycles. The van der Waals surface area contributed by atoms with E-state index in [1.807, 2.05) is 19.1 Å². The van der Waals surface area contributed by atoms with Crippen molar-refractivity contribution in [3.63, 3.8) is 0 Å². The topological polar surface area (TPSA) is 63.2 Å². The average molecular weight is 249 g/mol. The number of hydrogen-bond acceptors (Lipinski definition) is 4. The van der Waals surface area contributed by atoms with E-state index in [2.05, 4.69) is 15.6 Å². The zero-order valence-electron chi connectivity index (χ0n) is 10.8. The first-order valence-corrected chi connectivity index (χ1v) is 6.19. The van der Waals surface area contributed by atoms with Crippen molar-refractivity contribution in [1.82, 2.24) is 15.6 Å². The maximum absolute atomic E-state index is 11.0. The van der Waals surface area contributed by atoms with E-state index in [1.165, 1.54) is 0 Å². The van der Waals surface area contributed by atoms with Gasteiger partial charge in [0.25, 0.3) is 0 Å². The summed E-state index contributed by atoms with van der Waals surface area (Å²) in [6.07, 6.45) is 1.55. The number of carbonyl (C=O) groups excluding carboxylic acids is 1. The molecule has 1 aromatic heterocycles. The average Bonchev–Trinajstić information content (AvgIpc) is 2.74. The van der Waals surface area contributed by atoms with E-state index in [9.17, 15) is 4.79 Å². The van der Waals surface area contributed by atoms with Gasteiger partial charge in [-0.05, 0) is 13.3 Å². The van der Waals surface area contributed by atoms with Crippen LogP contribution in [-0.4, -0.2) is 30.6 Å². The van der Waals surface area contributed by atoms with E-state index in [1.54, 1.807) is 7.11 Å². The number of nitrogens with one attached hydrogen (secondary N) is 2. The summed E-state index contributed by atoms with van der Waals surface area (Å²) in [5, 5.41) is 6.24. The zero-order chi connectivity index (χ0) is 13.0. The third-order valence-corrected chi connectivity index (χ3v) is 3.00. The fraction of sp³-hybridized carbons (Fsp3) is 0.538. The van der Waals surface area contributed by atoms with Crippen LogP contribution >= 0.6 is 0 Å². The van der Waals surface area contributed by atoms with Gasteiger partial charge in [-0.25, -0.2) is 0 Å². The SMILES string of the molecule is COc1cc(C)nc(CNCC2CCC(=O)N2)c1. The molecule has 0 aliphatic carbocycles. The Morgan fingerprint density at radius 1 is 1.56 bits per heavy atom. The summed E-state index contributed by atoms with van der Waals surface area (Å²) in [5.74, 6) is 0.977. The molecule has 1 saturated heterocycles. The van der Waals surface area contributed by atoms with Crippen LogP contribution in [0.4, 0.5) is 0 Å². The maximum atomic E-state index is 11.0. The van der Waals surface area contributed by atoms with Crippen molar-refractivity contribution in [3.05, 3.63) is 23.5 Å². The molecule has 0 radical (unpaired) electrons. The van der Waals surface area contributed by atoms with Crippen LogP contribution in [0.25, 0.3) is 0 Å². The Bertz CT molecular complexity index is 434. The molecule has 1 aliphatic heterocycles. The molecule has 2 heterocycles. The third kappa shape index (κ3) is 3.43. The second-order valence-corrected chi connectivity index (χ2v) is 4.57. The van der Waals surface area contributed by atoms with Crippen LogP contribution in [0.15, 0.2) is 12.1 Å². The standard InChI is InChI=1S/C13H19N3O2/c1-9-5-12(18-2)6-11(15-9)8-14-7-10-3-4-13(17)16-10/h5-6,10,14H,3-4,7-8H2,1-2H3,(H,16,17). The molecule has 1 unspecified atom stereocenters. The monoisotopic (exact) mass is 249 g/mol. The number of aromatic nitrogens is 1. The van der Waals surface area contributed by atoms with Gasteiger partial charge in [-0.15, -0.1) is 0 Å². The minimum absolute atomic E-state index is 0.150. The highest BCUT2D eigenvalue weighted by Crippen LogP contribution is 2.13. The van der Waals surface area contributed by atoms with Crippen molar-refractivity contribution in [2.24, 2.45) is 0 Å². The van der Waals surface area contributed by atoms with E-state index >= 15 is 0 Å². The van der Waals surface area contributed by atoms with Gasteiger partial charge < -0.3 is 15.4 Å². The summed E-state index contributed by atoms with van der Waals surface area (Å²) in [7, 11) is 1.65. The van der Waals surface area contributed by atoms with Gasteiger partial charge in [-0.2, -0.15) is 0 Å². The van der Waals surface area contributed by atoms with Crippen LogP contribution in [0.5, 0.6) is 5.75 Å². The van der Waals surface area contributed by atoms with Crippen molar-refractivity contribution < 1.29 is 9.53 Å². The van der Waals surface area contributed by atoms with Gasteiger partial charge in [0.15, 0.2) is 0 Å². The first-order chi connectivity index (χ1) is 8.67. The normalized spacial score (nSPS) is 18.8. The molecule has 1 aliphatic rings. The lowest BCUT2D eigenvalue weighted by molar-refractivity contribution is -0.119. The maximum Gasteiger partial charge on any atom is 0.220 e. The van der Waals surface area contributed by atoms with Crippen molar-refractivity contribution >= 4 is 5.91 Å². The Kier molecular flexibility index (Phi) is 4.15. The van der Waals surface area contributed by atoms with Gasteiger partial charge in [-0.3, -0.25) is 9.78 Å². The van der Waals surface area contributed by atoms with Gasteiger partial charge in [0.2, 0.25) is 5.91 Å². The van der Waals surface area contributed by atoms with Crippen LogP contribution in [-0.2, 0) is 11.3 Å². The Morgan fingerprint density at radius 3 is 3.06 bits per heavy atom. The van der Waals surface area contributed by atoms with Crippen LogP contribution in [0.3, 0.4) is 0 Å². The number of ether oxygens (including phenoxy) is 1. The predicted molar refractivity (Wildman–Crippen MR) is 68.4 cm³/mol. The van der Waals surface area contributed by atoms with E-state index in [0.29, 0.717) is 13.0 Å². The third-order valence-electron chi connectivity index (χ3n) is 3.00. The van der Waals surface area contributed by atoms with Gasteiger partial charge >= 0.3 is 0 Å². The first kappa shape index (κ1) is 12.8. The molecule has 2 rings (SSSR count). The van der Waals surface area contributed by atoms with Crippen LogP contribution in [0.1, 0.15) is 24.2 Å². The molecule has 18 heavy (non-hydrogen) atoms. The highest BCUT2D eigenvalue weighted by molar-refractivity contribution is 5.78. The predicted octanol–water partition coefficient (Wildman–Crippen LogP) is 0.767. The van der Waals surface area contributed by atoms with Gasteiger partial charge in [0.05, 0.1) is 12.8 Å². The molecule has 1 fully saturated rings. The Labute approximate surface area is 107 Å². The van der Waals surface area contributed by atoms with Crippen molar-refractivity contribution in [1.29, 1.82) is 0 Å². The number of aryl methyl sites for hydroxylation is 1. The number of amides is 1. The first-order valence-electron chi connectivity index (χ1n) is 6.19. The number of carbonyl (C=O) groups is 1. The number of rotatable bonds is 5. The molecule has 98 valence electrons. The number of pyridine rings is 1. The van der Waals surface area contributed by atoms with E-state index in [0.717, 1.165) is 30.1 Å². The number of hydrogen-bond donors (Lipinski definition) is 2. The smallest absolute Gasteiger partial charge is 0.220 e. The molecule has 1 aromatic rings. The Balaban J connectivity index is 1.82. The summed E-state index contributed by atoms with van der Waals surface area (Å²) in [4.78, 5) is 15.5. The van der Waals surface area contributed by atoms with Crippen molar-refractivity contribution in [2.45, 2.75) is 32.4 Å². The minimum atomic E-state index is 0.150. The molecule has 0 spiro atoms. The van der Waals surface area contributed by atoms with Gasteiger partial charge in [0, 0.05) is 43.4 Å². The van der Waals surface area contributed by atoms with E-state index < -0.39 is 0 Å². The van der Waals surface area contributed by atoms with Crippen LogP contribution < -0.4 is 15.4 Å². The van der Waals surface area contributed by atoms with Gasteiger partial charge in [-0.1, -0.05) is 0 Å². The molecule has 1 atom stereocenters. The number of methoxy groups -OCH3 is 1. The highest BCUT2D eigenvalue weighted by Gasteiger charge is 2.19. The summed E-state index contributed by atoms with van der Waals surface area (Å²) < 4.78 is 5.20. The van der Waals surface area contributed by atoms with Crippen molar-refractivity contribution in [3.8, 4) is 5.75 Å². The summed E-state index contributed by atoms with van der Waals surface area (Å²) in [6, 6.07) is 4.08. The summed E-state index contributed by atoms with van der Waals surface area (Å²) in [6.45, 7) is 3.41. The summed E-state index contributed by atoms with van der Waals surface area (Å²) >= 11 is 0. The van der Waals surface area contributed by atoms with Crippen LogP contribution in [0, 0.1) is 6.92 Å². The molecule has 0 bridgehead atoms. The van der Waals surface area contributed by atoms with E-state index in [-0.39, 0.29) is 11.9 Å². The molecule has 0 saturated carbocycles. The lowest BCUT2D eigenvalue weighted by Gasteiger charge is -2.11. The fourth-order valence-corrected chi connectivity index (χ4v) is 2.12. The Morgan fingerprint density at radius 2 is 2.39 bits per heavy atom. The lowest BCUT2D eigenvalue weighted by atomic mass is 10.2.